The van der Waals surface area contributed by atoms with Crippen LogP contribution in [0.2, 0.25) is 0 Å². The van der Waals surface area contributed by atoms with E-state index in [1.165, 1.54) is 0 Å². The van der Waals surface area contributed by atoms with Crippen molar-refractivity contribution in [1.29, 1.82) is 0 Å². The number of anilines is 2. The molecular formula is C32H40N6O5. The van der Waals surface area contributed by atoms with Crippen molar-refractivity contribution >= 4 is 35.2 Å². The first kappa shape index (κ1) is 32.7. The Bertz CT molecular complexity index is 1390. The SMILES string of the molecule is CN(C)CCCN(Cc1ccc(C(=O)Nc2ccccc2NC(=O)OC(C)(C)C)nc1)C(=O)NCC(=O)c1ccccc1. The van der Waals surface area contributed by atoms with E-state index in [9.17, 15) is 19.2 Å². The van der Waals surface area contributed by atoms with E-state index in [4.69, 9.17) is 4.74 Å². The van der Waals surface area contributed by atoms with Gasteiger partial charge in [0.05, 0.1) is 17.9 Å². The summed E-state index contributed by atoms with van der Waals surface area (Å²) in [4.78, 5) is 58.7. The minimum Gasteiger partial charge on any atom is -0.444 e. The third kappa shape index (κ3) is 11.2. The van der Waals surface area contributed by atoms with E-state index in [2.05, 4.69) is 20.9 Å². The molecule has 11 heteroatoms. The molecule has 0 radical (unpaired) electrons. The average molecular weight is 589 g/mol. The number of ketones is 1. The van der Waals surface area contributed by atoms with Crippen LogP contribution in [0.5, 0.6) is 0 Å². The first-order valence-electron chi connectivity index (χ1n) is 14.0. The fourth-order valence-electron chi connectivity index (χ4n) is 4.00. The average Bonchev–Trinajstić information content (AvgIpc) is 2.95. The number of Topliss-reactive ketones (excluding diaryl/α,β-unsaturated/α-hetero) is 1. The maximum atomic E-state index is 13.0. The van der Waals surface area contributed by atoms with Gasteiger partial charge in [0.1, 0.15) is 11.3 Å². The molecule has 3 aromatic rings. The van der Waals surface area contributed by atoms with Gasteiger partial charge in [0.25, 0.3) is 5.91 Å². The highest BCUT2D eigenvalue weighted by Crippen LogP contribution is 2.23. The minimum atomic E-state index is -0.671. The van der Waals surface area contributed by atoms with Gasteiger partial charge in [0.2, 0.25) is 0 Å². The van der Waals surface area contributed by atoms with Crippen LogP contribution in [0.15, 0.2) is 72.9 Å². The molecule has 228 valence electrons. The minimum absolute atomic E-state index is 0.116. The number of nitrogens with one attached hydrogen (secondary N) is 3. The molecule has 0 saturated carbocycles. The molecule has 0 fully saturated rings. The first-order valence-corrected chi connectivity index (χ1v) is 14.0. The van der Waals surface area contributed by atoms with Crippen molar-refractivity contribution < 1.29 is 23.9 Å². The Kier molecular flexibility index (Phi) is 11.8. The van der Waals surface area contributed by atoms with Gasteiger partial charge in [-0.1, -0.05) is 48.5 Å². The van der Waals surface area contributed by atoms with E-state index in [1.807, 2.05) is 25.1 Å². The van der Waals surface area contributed by atoms with Crippen LogP contribution in [0.25, 0.3) is 0 Å². The Morgan fingerprint density at radius 3 is 2.09 bits per heavy atom. The molecule has 0 saturated heterocycles. The number of pyridine rings is 1. The molecule has 2 aromatic carbocycles. The second kappa shape index (κ2) is 15.5. The van der Waals surface area contributed by atoms with Gasteiger partial charge in [-0.15, -0.1) is 0 Å². The summed E-state index contributed by atoms with van der Waals surface area (Å²) in [5.74, 6) is -0.646. The predicted molar refractivity (Wildman–Crippen MR) is 166 cm³/mol. The van der Waals surface area contributed by atoms with Crippen LogP contribution in [0, 0.1) is 0 Å². The van der Waals surface area contributed by atoms with Crippen molar-refractivity contribution in [3.8, 4) is 0 Å². The normalized spacial score (nSPS) is 11.0. The van der Waals surface area contributed by atoms with Gasteiger partial charge in [-0.3, -0.25) is 19.9 Å². The summed E-state index contributed by atoms with van der Waals surface area (Å²) in [5, 5.41) is 8.15. The molecule has 0 unspecified atom stereocenters. The Morgan fingerprint density at radius 2 is 1.49 bits per heavy atom. The largest absolute Gasteiger partial charge is 0.444 e. The monoisotopic (exact) mass is 588 g/mol. The Balaban J connectivity index is 1.64. The molecule has 0 aliphatic heterocycles. The standard InChI is InChI=1S/C32H40N6O5/c1-32(2,3)43-31(42)36-26-15-10-9-14-25(26)35-29(40)27-17-16-23(20-33-27)22-38(19-11-18-37(4)5)30(41)34-21-28(39)24-12-7-6-8-13-24/h6-10,12-17,20H,11,18-19,21-22H2,1-5H3,(H,34,41)(H,35,40)(H,36,42). The van der Waals surface area contributed by atoms with Crippen molar-refractivity contribution in [3.05, 3.63) is 89.7 Å². The van der Waals surface area contributed by atoms with E-state index >= 15 is 0 Å². The summed E-state index contributed by atoms with van der Waals surface area (Å²) < 4.78 is 5.30. The Hall–Kier alpha value is -4.77. The molecule has 0 bridgehead atoms. The van der Waals surface area contributed by atoms with Gasteiger partial charge in [-0.05, 0) is 71.6 Å². The van der Waals surface area contributed by atoms with Crippen LogP contribution in [0.4, 0.5) is 21.0 Å². The maximum absolute atomic E-state index is 13.0. The predicted octanol–water partition coefficient (Wildman–Crippen LogP) is 5.03. The number of rotatable bonds is 12. The van der Waals surface area contributed by atoms with Crippen LogP contribution < -0.4 is 16.0 Å². The summed E-state index contributed by atoms with van der Waals surface area (Å²) in [6, 6.07) is 18.5. The van der Waals surface area contributed by atoms with Gasteiger partial charge in [0.15, 0.2) is 5.78 Å². The number of hydrogen-bond acceptors (Lipinski definition) is 7. The van der Waals surface area contributed by atoms with E-state index in [-0.39, 0.29) is 30.6 Å². The van der Waals surface area contributed by atoms with E-state index < -0.39 is 17.6 Å². The number of benzene rings is 2. The molecule has 0 aliphatic rings. The fraction of sp³-hybridized carbons (Fsp3) is 0.344. The number of carbonyl (C=O) groups is 4. The molecule has 1 aromatic heterocycles. The van der Waals surface area contributed by atoms with Crippen molar-refractivity contribution in [2.75, 3.05) is 44.4 Å². The molecule has 1 heterocycles. The van der Waals surface area contributed by atoms with E-state index in [0.717, 1.165) is 18.5 Å². The fourth-order valence-corrected chi connectivity index (χ4v) is 4.00. The highest BCUT2D eigenvalue weighted by atomic mass is 16.6. The lowest BCUT2D eigenvalue weighted by molar-refractivity contribution is 0.0635. The summed E-state index contributed by atoms with van der Waals surface area (Å²) in [6.45, 7) is 6.67. The quantitative estimate of drug-likeness (QED) is 0.253. The lowest BCUT2D eigenvalue weighted by atomic mass is 10.1. The van der Waals surface area contributed by atoms with E-state index in [0.29, 0.717) is 23.5 Å². The molecule has 4 amide bonds. The molecule has 11 nitrogen and oxygen atoms in total. The van der Waals surface area contributed by atoms with Crippen molar-refractivity contribution in [1.82, 2.24) is 20.1 Å². The van der Waals surface area contributed by atoms with Gasteiger partial charge in [0, 0.05) is 24.8 Å². The van der Waals surface area contributed by atoms with Crippen molar-refractivity contribution in [2.45, 2.75) is 39.3 Å². The highest BCUT2D eigenvalue weighted by molar-refractivity contribution is 6.05. The zero-order valence-electron chi connectivity index (χ0n) is 25.3. The molecule has 3 N–H and O–H groups in total. The van der Waals surface area contributed by atoms with Gasteiger partial charge >= 0.3 is 12.1 Å². The Labute approximate surface area is 252 Å². The number of amides is 4. The number of nitrogens with zero attached hydrogens (tertiary/aromatic N) is 3. The van der Waals surface area contributed by atoms with Gasteiger partial charge in [-0.25, -0.2) is 9.59 Å². The molecule has 0 aliphatic carbocycles. The smallest absolute Gasteiger partial charge is 0.412 e. The van der Waals surface area contributed by atoms with Gasteiger partial charge < -0.3 is 25.2 Å². The topological polar surface area (TPSA) is 133 Å². The second-order valence-corrected chi connectivity index (χ2v) is 11.2. The third-order valence-corrected chi connectivity index (χ3v) is 6.06. The molecule has 0 spiro atoms. The molecule has 3 rings (SSSR count). The molecule has 43 heavy (non-hydrogen) atoms. The van der Waals surface area contributed by atoms with E-state index in [1.54, 1.807) is 92.5 Å². The maximum Gasteiger partial charge on any atom is 0.412 e. The lowest BCUT2D eigenvalue weighted by Gasteiger charge is -2.24. The number of para-hydroxylation sites is 2. The molecule has 0 atom stereocenters. The van der Waals surface area contributed by atoms with Crippen LogP contribution in [-0.2, 0) is 11.3 Å². The summed E-state index contributed by atoms with van der Waals surface area (Å²) in [6.07, 6.45) is 1.64. The number of hydrogen-bond donors (Lipinski definition) is 3. The van der Waals surface area contributed by atoms with Crippen LogP contribution in [0.1, 0.15) is 53.6 Å². The van der Waals surface area contributed by atoms with Crippen LogP contribution in [-0.4, -0.2) is 77.9 Å². The lowest BCUT2D eigenvalue weighted by Crippen LogP contribution is -2.42. The second-order valence-electron chi connectivity index (χ2n) is 11.2. The summed E-state index contributed by atoms with van der Waals surface area (Å²) in [7, 11) is 3.92. The van der Waals surface area contributed by atoms with Crippen molar-refractivity contribution in [2.24, 2.45) is 0 Å². The summed E-state index contributed by atoms with van der Waals surface area (Å²) >= 11 is 0. The number of aromatic nitrogens is 1. The number of ether oxygens (including phenoxy) is 1. The zero-order valence-corrected chi connectivity index (χ0v) is 25.3. The zero-order chi connectivity index (χ0) is 31.4. The molecular weight excluding hydrogens is 548 g/mol. The summed E-state index contributed by atoms with van der Waals surface area (Å²) in [5.41, 5.74) is 1.51. The Morgan fingerprint density at radius 1 is 0.837 bits per heavy atom. The number of carbonyl (C=O) groups excluding carboxylic acids is 4. The van der Waals surface area contributed by atoms with Gasteiger partial charge in [-0.2, -0.15) is 0 Å². The third-order valence-electron chi connectivity index (χ3n) is 6.06. The van der Waals surface area contributed by atoms with Crippen LogP contribution in [0.3, 0.4) is 0 Å². The highest BCUT2D eigenvalue weighted by Gasteiger charge is 2.19. The van der Waals surface area contributed by atoms with Crippen LogP contribution >= 0.6 is 0 Å². The first-order chi connectivity index (χ1) is 20.4. The van der Waals surface area contributed by atoms with Crippen molar-refractivity contribution in [3.63, 3.8) is 0 Å². The number of urea groups is 1.